The van der Waals surface area contributed by atoms with Crippen LogP contribution in [0.2, 0.25) is 0 Å². The van der Waals surface area contributed by atoms with Crippen LogP contribution < -0.4 is 16.8 Å². The van der Waals surface area contributed by atoms with Gasteiger partial charge in [-0.05, 0) is 29.2 Å². The van der Waals surface area contributed by atoms with Crippen molar-refractivity contribution in [2.24, 2.45) is 22.4 Å². The van der Waals surface area contributed by atoms with Crippen LogP contribution in [-0.4, -0.2) is 55.3 Å². The number of nitrogens with one attached hydrogen (secondary N) is 1. The van der Waals surface area contributed by atoms with E-state index >= 15 is 0 Å². The Bertz CT molecular complexity index is 1480. The summed E-state index contributed by atoms with van der Waals surface area (Å²) in [6, 6.07) is 11.9. The molecule has 0 bridgehead atoms. The fourth-order valence-corrected chi connectivity index (χ4v) is 6.02. The smallest absolute Gasteiger partial charge is 0.299 e. The van der Waals surface area contributed by atoms with E-state index < -0.39 is 24.6 Å². The van der Waals surface area contributed by atoms with Crippen LogP contribution in [0.1, 0.15) is 47.4 Å². The number of alkyl halides is 3. The Balaban J connectivity index is 0.000000953. The van der Waals surface area contributed by atoms with Crippen molar-refractivity contribution >= 4 is 35.4 Å². The first-order valence-corrected chi connectivity index (χ1v) is 14.7. The predicted octanol–water partition coefficient (Wildman–Crippen LogP) is 4.38. The maximum Gasteiger partial charge on any atom is 0.299 e. The number of aliphatic imine (C=N–C) groups is 1. The van der Waals surface area contributed by atoms with Crippen molar-refractivity contribution in [3.63, 3.8) is 0 Å². The number of hydrogen-bond acceptors (Lipinski definition) is 5. The van der Waals surface area contributed by atoms with E-state index in [9.17, 15) is 22.8 Å². The van der Waals surface area contributed by atoms with Crippen LogP contribution in [0, 0.1) is 5.92 Å². The molecule has 0 saturated carbocycles. The number of carbonyl (C=O) groups is 3. The fourth-order valence-electron chi connectivity index (χ4n) is 5.20. The van der Waals surface area contributed by atoms with Crippen molar-refractivity contribution in [2.75, 3.05) is 20.3 Å². The highest BCUT2D eigenvalue weighted by molar-refractivity contribution is 7.10. The molecule has 3 amide bonds. The van der Waals surface area contributed by atoms with E-state index in [0.717, 1.165) is 10.4 Å². The Morgan fingerprint density at radius 1 is 1.14 bits per heavy atom. The van der Waals surface area contributed by atoms with Gasteiger partial charge >= 0.3 is 0 Å². The summed E-state index contributed by atoms with van der Waals surface area (Å²) in [5.74, 6) is -3.84. The van der Waals surface area contributed by atoms with Gasteiger partial charge in [0.05, 0.1) is 19.6 Å². The fraction of sp³-hybridized carbons (Fsp3) is 0.355. The van der Waals surface area contributed by atoms with Crippen LogP contribution in [0.5, 0.6) is 0 Å². The Hall–Kier alpha value is -4.19. The number of amidine groups is 1. The molecule has 43 heavy (non-hydrogen) atoms. The molecular formula is C31H36F3N5O3S. The van der Waals surface area contributed by atoms with E-state index in [4.69, 9.17) is 10.5 Å². The summed E-state index contributed by atoms with van der Waals surface area (Å²) in [4.78, 5) is 41.2. The molecule has 0 radical (unpaired) electrons. The van der Waals surface area contributed by atoms with Gasteiger partial charge in [0.25, 0.3) is 5.92 Å². The summed E-state index contributed by atoms with van der Waals surface area (Å²) in [5.41, 5.74) is 12.0. The van der Waals surface area contributed by atoms with Crippen molar-refractivity contribution in [1.29, 1.82) is 0 Å². The van der Waals surface area contributed by atoms with Crippen LogP contribution in [0.4, 0.5) is 13.2 Å². The van der Waals surface area contributed by atoms with Crippen LogP contribution >= 0.6 is 11.3 Å². The number of benzene rings is 2. The summed E-state index contributed by atoms with van der Waals surface area (Å²) in [7, 11) is 1.60. The largest absolute Gasteiger partial charge is 0.383 e. The average molecular weight is 616 g/mol. The molecule has 12 heteroatoms. The monoisotopic (exact) mass is 615 g/mol. The van der Waals surface area contributed by atoms with Crippen molar-refractivity contribution in [3.05, 3.63) is 81.0 Å². The van der Waals surface area contributed by atoms with Crippen molar-refractivity contribution in [3.8, 4) is 11.1 Å². The van der Waals surface area contributed by atoms with Gasteiger partial charge in [-0.25, -0.2) is 0 Å². The van der Waals surface area contributed by atoms with Crippen LogP contribution in [-0.2, 0) is 33.3 Å². The summed E-state index contributed by atoms with van der Waals surface area (Å²) in [5, 5.41) is 4.70. The molecule has 230 valence electrons. The number of likely N-dealkylation sites (tertiary alicyclic amines) is 1. The minimum Gasteiger partial charge on any atom is -0.383 e. The molecule has 3 aromatic rings. The number of nitrogens with zero attached hydrogens (tertiary/aromatic N) is 2. The second kappa shape index (κ2) is 14.8. The van der Waals surface area contributed by atoms with E-state index in [1.807, 2.05) is 25.3 Å². The third kappa shape index (κ3) is 7.24. The van der Waals surface area contributed by atoms with Crippen LogP contribution in [0.15, 0.2) is 58.9 Å². The van der Waals surface area contributed by atoms with Gasteiger partial charge in [-0.2, -0.15) is 8.78 Å². The zero-order valence-electron chi connectivity index (χ0n) is 24.3. The molecule has 2 aliphatic rings. The van der Waals surface area contributed by atoms with E-state index in [1.54, 1.807) is 31.3 Å². The lowest BCUT2D eigenvalue weighted by atomic mass is 10.0. The Kier molecular flexibility index (Phi) is 11.5. The van der Waals surface area contributed by atoms with Crippen molar-refractivity contribution in [2.45, 2.75) is 45.2 Å². The topological polar surface area (TPSA) is 131 Å². The molecule has 2 atom stereocenters. The number of hydrogen-bond donors (Lipinski definition) is 3. The Labute approximate surface area is 253 Å². The first-order valence-electron chi connectivity index (χ1n) is 13.8. The first kappa shape index (κ1) is 33.3. The highest BCUT2D eigenvalue weighted by Gasteiger charge is 2.44. The number of rotatable bonds is 7. The van der Waals surface area contributed by atoms with Gasteiger partial charge in [0, 0.05) is 46.5 Å². The SMILES string of the molecule is CC.CN=C(N)c1csc(CNC(=O)C2CC(CF)CN2C(=O)Cc2ccc3c(c2)-c2ccccc2C3(F)F)c1.NC=O. The molecule has 0 spiro atoms. The number of halogens is 3. The summed E-state index contributed by atoms with van der Waals surface area (Å²) in [6.45, 7) is 3.74. The second-order valence-corrected chi connectivity index (χ2v) is 10.8. The normalized spacial score (nSPS) is 17.9. The zero-order valence-corrected chi connectivity index (χ0v) is 25.1. The van der Waals surface area contributed by atoms with Crippen molar-refractivity contribution in [1.82, 2.24) is 10.2 Å². The van der Waals surface area contributed by atoms with Gasteiger partial charge < -0.3 is 21.7 Å². The maximum atomic E-state index is 14.9. The highest BCUT2D eigenvalue weighted by atomic mass is 32.1. The lowest BCUT2D eigenvalue weighted by molar-refractivity contribution is -0.138. The summed E-state index contributed by atoms with van der Waals surface area (Å²) < 4.78 is 43.3. The van der Waals surface area contributed by atoms with Gasteiger partial charge in [-0.1, -0.05) is 56.3 Å². The lowest BCUT2D eigenvalue weighted by Crippen LogP contribution is -2.46. The summed E-state index contributed by atoms with van der Waals surface area (Å²) >= 11 is 1.43. The Morgan fingerprint density at radius 2 is 1.81 bits per heavy atom. The van der Waals surface area contributed by atoms with Crippen molar-refractivity contribution < 1.29 is 27.6 Å². The quantitative estimate of drug-likeness (QED) is 0.207. The number of fused-ring (bicyclic) bond motifs is 3. The summed E-state index contributed by atoms with van der Waals surface area (Å²) in [6.07, 6.45) is 0.400. The third-order valence-corrected chi connectivity index (χ3v) is 8.13. The number of nitrogens with two attached hydrogens (primary N) is 2. The van der Waals surface area contributed by atoms with Crippen LogP contribution in [0.25, 0.3) is 11.1 Å². The molecule has 1 aromatic heterocycles. The molecule has 2 unspecified atom stereocenters. The van der Waals surface area contributed by atoms with E-state index in [2.05, 4.69) is 16.0 Å². The third-order valence-electron chi connectivity index (χ3n) is 7.19. The molecule has 1 fully saturated rings. The number of primary amides is 1. The van der Waals surface area contributed by atoms with Crippen LogP contribution in [0.3, 0.4) is 0 Å². The lowest BCUT2D eigenvalue weighted by Gasteiger charge is -2.24. The second-order valence-electron chi connectivity index (χ2n) is 9.76. The number of amides is 3. The Morgan fingerprint density at radius 3 is 2.49 bits per heavy atom. The maximum absolute atomic E-state index is 14.9. The molecule has 1 saturated heterocycles. The van der Waals surface area contributed by atoms with E-state index in [1.165, 1.54) is 34.4 Å². The first-order chi connectivity index (χ1) is 20.6. The molecule has 2 aromatic carbocycles. The molecule has 1 aliphatic carbocycles. The van der Waals surface area contributed by atoms with Gasteiger partial charge in [0.2, 0.25) is 18.2 Å². The van der Waals surface area contributed by atoms with E-state index in [-0.39, 0.29) is 55.3 Å². The molecular weight excluding hydrogens is 579 g/mol. The van der Waals surface area contributed by atoms with E-state index in [0.29, 0.717) is 22.5 Å². The van der Waals surface area contributed by atoms with Gasteiger partial charge in [0.15, 0.2) is 0 Å². The minimum atomic E-state index is -3.10. The number of thiophene rings is 1. The number of carbonyl (C=O) groups excluding carboxylic acids is 3. The molecule has 2 heterocycles. The molecule has 5 rings (SSSR count). The van der Waals surface area contributed by atoms with Gasteiger partial charge in [0.1, 0.15) is 11.9 Å². The minimum absolute atomic E-state index is 0.0527. The standard InChI is InChI=1S/C28H27F3N4O2S.C2H6.CH3NO/c1-33-26(32)18-11-19(38-15-18)13-34-27(37)24-9-17(12-29)14-35(24)25(36)10-16-6-7-23-21(8-16)20-4-2-3-5-22(20)28(23,30)31;1-2;2-1-3/h2-8,11,15,17,24H,9-10,12-14H2,1H3,(H2,32,33)(H,34,37);1-2H3;1H,(H2,2,3). The molecule has 5 N–H and O–H groups in total. The zero-order chi connectivity index (χ0) is 31.7. The van der Waals surface area contributed by atoms with Gasteiger partial charge in [-0.3, -0.25) is 23.8 Å². The van der Waals surface area contributed by atoms with Gasteiger partial charge in [-0.15, -0.1) is 11.3 Å². The highest BCUT2D eigenvalue weighted by Crippen LogP contribution is 2.51. The molecule has 8 nitrogen and oxygen atoms in total. The average Bonchev–Trinajstić information content (AvgIpc) is 3.73. The molecule has 1 aliphatic heterocycles. The predicted molar refractivity (Wildman–Crippen MR) is 163 cm³/mol.